The van der Waals surface area contributed by atoms with Gasteiger partial charge in [-0.25, -0.2) is 4.39 Å². The smallest absolute Gasteiger partial charge is 0.194 e. The summed E-state index contributed by atoms with van der Waals surface area (Å²) < 4.78 is 18.9. The summed E-state index contributed by atoms with van der Waals surface area (Å²) in [5, 5.41) is 0. The van der Waals surface area contributed by atoms with Gasteiger partial charge in [-0.05, 0) is 64.8 Å². The fraction of sp³-hybridized carbons (Fsp3) is 0.188. The first-order valence-electron chi connectivity index (χ1n) is 6.34. The molecule has 0 radical (unpaired) electrons. The number of benzene rings is 2. The maximum absolute atomic E-state index is 13.0. The number of carbonyl (C=O) groups excluding carboxylic acids is 1. The van der Waals surface area contributed by atoms with Gasteiger partial charge in [0.25, 0.3) is 0 Å². The third-order valence-electron chi connectivity index (χ3n) is 2.77. The van der Waals surface area contributed by atoms with Gasteiger partial charge >= 0.3 is 0 Å². The lowest BCUT2D eigenvalue weighted by Gasteiger charge is -2.07. The third-order valence-corrected chi connectivity index (χ3v) is 3.42. The zero-order valence-corrected chi connectivity index (χ0v) is 12.6. The quantitative estimate of drug-likeness (QED) is 0.745. The van der Waals surface area contributed by atoms with Crippen LogP contribution in [-0.4, -0.2) is 12.4 Å². The summed E-state index contributed by atoms with van der Waals surface area (Å²) in [7, 11) is 0. The lowest BCUT2D eigenvalue weighted by molar-refractivity contribution is 0.103. The zero-order valence-electron chi connectivity index (χ0n) is 11.0. The molecule has 0 bridgehead atoms. The zero-order chi connectivity index (χ0) is 14.5. The van der Waals surface area contributed by atoms with Gasteiger partial charge in [-0.3, -0.25) is 4.79 Å². The SMILES string of the molecule is CCCOc1ccc(C(=O)c2ccc(F)cc2Br)cc1. The van der Waals surface area contributed by atoms with Crippen molar-refractivity contribution in [1.82, 2.24) is 0 Å². The predicted octanol–water partition coefficient (Wildman–Crippen LogP) is 4.61. The molecule has 0 aliphatic heterocycles. The summed E-state index contributed by atoms with van der Waals surface area (Å²) in [6.07, 6.45) is 0.934. The molecule has 0 spiro atoms. The Hall–Kier alpha value is -1.68. The maximum atomic E-state index is 13.0. The van der Waals surface area contributed by atoms with E-state index in [2.05, 4.69) is 15.9 Å². The molecule has 0 saturated carbocycles. The molecule has 2 aromatic carbocycles. The fourth-order valence-electron chi connectivity index (χ4n) is 1.75. The van der Waals surface area contributed by atoms with Crippen LogP contribution >= 0.6 is 15.9 Å². The number of carbonyl (C=O) groups is 1. The Morgan fingerprint density at radius 3 is 2.50 bits per heavy atom. The Kier molecular flexibility index (Phi) is 4.90. The van der Waals surface area contributed by atoms with Crippen molar-refractivity contribution >= 4 is 21.7 Å². The van der Waals surface area contributed by atoms with Crippen LogP contribution in [0.25, 0.3) is 0 Å². The monoisotopic (exact) mass is 336 g/mol. The van der Waals surface area contributed by atoms with Gasteiger partial charge in [-0.1, -0.05) is 6.92 Å². The fourth-order valence-corrected chi connectivity index (χ4v) is 2.28. The summed E-state index contributed by atoms with van der Waals surface area (Å²) in [5.41, 5.74) is 0.981. The summed E-state index contributed by atoms with van der Waals surface area (Å²) in [6, 6.07) is 11.0. The van der Waals surface area contributed by atoms with E-state index in [-0.39, 0.29) is 11.6 Å². The molecule has 0 atom stereocenters. The van der Waals surface area contributed by atoms with Crippen molar-refractivity contribution in [2.45, 2.75) is 13.3 Å². The minimum absolute atomic E-state index is 0.154. The summed E-state index contributed by atoms with van der Waals surface area (Å²) in [6.45, 7) is 2.68. The standard InChI is InChI=1S/C16H14BrFO2/c1-2-9-20-13-6-3-11(4-7-13)16(19)14-8-5-12(18)10-15(14)17/h3-8,10H,2,9H2,1H3. The highest BCUT2D eigenvalue weighted by molar-refractivity contribution is 9.10. The van der Waals surface area contributed by atoms with Crippen LogP contribution in [0, 0.1) is 5.82 Å². The number of ether oxygens (including phenoxy) is 1. The van der Waals surface area contributed by atoms with Crippen molar-refractivity contribution in [3.63, 3.8) is 0 Å². The number of rotatable bonds is 5. The van der Waals surface area contributed by atoms with Gasteiger partial charge in [0.15, 0.2) is 5.78 Å². The molecule has 0 amide bonds. The largest absolute Gasteiger partial charge is 0.494 e. The van der Waals surface area contributed by atoms with Gasteiger partial charge in [0.2, 0.25) is 0 Å². The third kappa shape index (κ3) is 3.45. The molecule has 0 aliphatic carbocycles. The molecule has 104 valence electrons. The normalized spacial score (nSPS) is 10.3. The Bertz CT molecular complexity index is 608. The minimum Gasteiger partial charge on any atom is -0.494 e. The predicted molar refractivity (Wildman–Crippen MR) is 79.8 cm³/mol. The molecular weight excluding hydrogens is 323 g/mol. The van der Waals surface area contributed by atoms with Crippen molar-refractivity contribution in [2.24, 2.45) is 0 Å². The van der Waals surface area contributed by atoms with Gasteiger partial charge in [-0.2, -0.15) is 0 Å². The number of ketones is 1. The first kappa shape index (κ1) is 14.7. The summed E-state index contributed by atoms with van der Waals surface area (Å²) >= 11 is 3.21. The maximum Gasteiger partial charge on any atom is 0.194 e. The first-order valence-corrected chi connectivity index (χ1v) is 7.13. The van der Waals surface area contributed by atoms with E-state index in [0.717, 1.165) is 12.2 Å². The Labute approximate surface area is 125 Å². The lowest BCUT2D eigenvalue weighted by atomic mass is 10.0. The Balaban J connectivity index is 2.20. The molecule has 2 rings (SSSR count). The Morgan fingerprint density at radius 1 is 1.20 bits per heavy atom. The van der Waals surface area contributed by atoms with E-state index in [9.17, 15) is 9.18 Å². The van der Waals surface area contributed by atoms with Crippen LogP contribution in [0.5, 0.6) is 5.75 Å². The van der Waals surface area contributed by atoms with E-state index in [1.165, 1.54) is 18.2 Å². The number of hydrogen-bond donors (Lipinski definition) is 0. The molecule has 0 aliphatic rings. The molecule has 2 nitrogen and oxygen atoms in total. The second-order valence-corrected chi connectivity index (χ2v) is 5.18. The van der Waals surface area contributed by atoms with Crippen LogP contribution < -0.4 is 4.74 Å². The minimum atomic E-state index is -0.378. The molecule has 2 aromatic rings. The molecule has 0 fully saturated rings. The van der Waals surface area contributed by atoms with Gasteiger partial charge in [0, 0.05) is 15.6 Å². The molecule has 0 aromatic heterocycles. The second-order valence-electron chi connectivity index (χ2n) is 4.33. The molecule has 0 heterocycles. The van der Waals surface area contributed by atoms with Crippen LogP contribution in [0.15, 0.2) is 46.9 Å². The molecule has 0 N–H and O–H groups in total. The Morgan fingerprint density at radius 2 is 1.90 bits per heavy atom. The van der Waals surface area contributed by atoms with E-state index < -0.39 is 0 Å². The molecule has 0 saturated heterocycles. The van der Waals surface area contributed by atoms with Gasteiger partial charge < -0.3 is 4.74 Å². The highest BCUT2D eigenvalue weighted by Gasteiger charge is 2.13. The first-order chi connectivity index (χ1) is 9.61. The average molecular weight is 337 g/mol. The molecule has 20 heavy (non-hydrogen) atoms. The van der Waals surface area contributed by atoms with Crippen molar-refractivity contribution in [2.75, 3.05) is 6.61 Å². The van der Waals surface area contributed by atoms with Crippen molar-refractivity contribution < 1.29 is 13.9 Å². The van der Waals surface area contributed by atoms with Crippen LogP contribution in [0.1, 0.15) is 29.3 Å². The van der Waals surface area contributed by atoms with Gasteiger partial charge in [-0.15, -0.1) is 0 Å². The van der Waals surface area contributed by atoms with Crippen LogP contribution in [0.4, 0.5) is 4.39 Å². The van der Waals surface area contributed by atoms with E-state index in [1.54, 1.807) is 24.3 Å². The molecule has 4 heteroatoms. The van der Waals surface area contributed by atoms with Crippen molar-refractivity contribution in [3.8, 4) is 5.75 Å². The average Bonchev–Trinajstić information content (AvgIpc) is 2.45. The topological polar surface area (TPSA) is 26.3 Å². The molecular formula is C16H14BrFO2. The van der Waals surface area contributed by atoms with Crippen LogP contribution in [0.3, 0.4) is 0 Å². The van der Waals surface area contributed by atoms with Gasteiger partial charge in [0.05, 0.1) is 6.61 Å². The van der Waals surface area contributed by atoms with E-state index in [1.807, 2.05) is 6.92 Å². The van der Waals surface area contributed by atoms with Crippen LogP contribution in [-0.2, 0) is 0 Å². The van der Waals surface area contributed by atoms with E-state index in [0.29, 0.717) is 22.2 Å². The van der Waals surface area contributed by atoms with Crippen molar-refractivity contribution in [3.05, 3.63) is 63.9 Å². The van der Waals surface area contributed by atoms with Crippen molar-refractivity contribution in [1.29, 1.82) is 0 Å². The highest BCUT2D eigenvalue weighted by atomic mass is 79.9. The van der Waals surface area contributed by atoms with E-state index in [4.69, 9.17) is 4.74 Å². The highest BCUT2D eigenvalue weighted by Crippen LogP contribution is 2.22. The summed E-state index contributed by atoms with van der Waals surface area (Å²) in [4.78, 5) is 12.3. The lowest BCUT2D eigenvalue weighted by Crippen LogP contribution is -2.03. The second kappa shape index (κ2) is 6.66. The van der Waals surface area contributed by atoms with Crippen LogP contribution in [0.2, 0.25) is 0 Å². The number of hydrogen-bond acceptors (Lipinski definition) is 2. The van der Waals surface area contributed by atoms with Gasteiger partial charge in [0.1, 0.15) is 11.6 Å². The summed E-state index contributed by atoms with van der Waals surface area (Å²) in [5.74, 6) is 0.206. The van der Waals surface area contributed by atoms with E-state index >= 15 is 0 Å². The number of halogens is 2. The molecule has 0 unspecified atom stereocenters.